The summed E-state index contributed by atoms with van der Waals surface area (Å²) < 4.78 is 39.0. The second kappa shape index (κ2) is 12.1. The number of ether oxygens (including phenoxy) is 2. The van der Waals surface area contributed by atoms with E-state index in [1.807, 2.05) is 70.2 Å². The number of likely N-dealkylation sites (tertiary alicyclic amines) is 1. The number of hydrogen-bond donors (Lipinski definition) is 2. The number of alkyl halides is 2. The quantitative estimate of drug-likeness (QED) is 0.208. The molecule has 11 heteroatoms. The van der Waals surface area contributed by atoms with Gasteiger partial charge in [0.2, 0.25) is 11.8 Å². The topological polar surface area (TPSA) is 102 Å². The lowest BCUT2D eigenvalue weighted by Gasteiger charge is -2.34. The summed E-state index contributed by atoms with van der Waals surface area (Å²) in [5, 5.41) is 8.32. The second-order valence-corrected chi connectivity index (χ2v) is 12.8. The van der Waals surface area contributed by atoms with Crippen LogP contribution in [0, 0.1) is 12.8 Å². The van der Waals surface area contributed by atoms with Gasteiger partial charge in [-0.25, -0.2) is 28.5 Å². The number of hydrogen-bond acceptors (Lipinski definition) is 8. The zero-order valence-corrected chi connectivity index (χ0v) is 25.9. The van der Waals surface area contributed by atoms with Crippen molar-refractivity contribution in [3.63, 3.8) is 0 Å². The van der Waals surface area contributed by atoms with E-state index in [9.17, 15) is 13.6 Å². The van der Waals surface area contributed by atoms with E-state index >= 15 is 0 Å². The van der Waals surface area contributed by atoms with E-state index in [2.05, 4.69) is 20.6 Å². The number of piperidine rings is 1. The molecule has 2 aromatic carbocycles. The van der Waals surface area contributed by atoms with Crippen LogP contribution >= 0.6 is 0 Å². The Morgan fingerprint density at radius 1 is 1.07 bits per heavy atom. The van der Waals surface area contributed by atoms with Crippen LogP contribution in [0.15, 0.2) is 60.9 Å². The maximum absolute atomic E-state index is 13.5. The molecule has 236 valence electrons. The van der Waals surface area contributed by atoms with E-state index in [0.717, 1.165) is 34.9 Å². The lowest BCUT2D eigenvalue weighted by atomic mass is 10.0. The number of nitrogens with zero attached hydrogens (tertiary/aromatic N) is 4. The van der Waals surface area contributed by atoms with Crippen molar-refractivity contribution in [2.75, 3.05) is 30.3 Å². The molecule has 1 aliphatic carbocycles. The lowest BCUT2D eigenvalue weighted by Crippen LogP contribution is -2.47. The highest BCUT2D eigenvalue weighted by atomic mass is 19.3. The normalized spacial score (nSPS) is 19.2. The Morgan fingerprint density at radius 2 is 1.89 bits per heavy atom. The SMILES string of the molecule is Cc1ccc2c(NC[C@@H]3CC3(F)F)cccc2c1Oc1ncccc1-c1ccnc(N[C@H]2CCCN(C(=O)OC(C)(C)C)C2)n1. The van der Waals surface area contributed by atoms with Gasteiger partial charge in [-0.1, -0.05) is 24.3 Å². The third kappa shape index (κ3) is 7.08. The Bertz CT molecular complexity index is 1710. The Hall–Kier alpha value is -4.54. The molecule has 2 N–H and O–H groups in total. The summed E-state index contributed by atoms with van der Waals surface area (Å²) in [6.45, 7) is 8.88. The second-order valence-electron chi connectivity index (χ2n) is 12.8. The predicted molar refractivity (Wildman–Crippen MR) is 170 cm³/mol. The summed E-state index contributed by atoms with van der Waals surface area (Å²) in [5.74, 6) is -1.77. The van der Waals surface area contributed by atoms with Gasteiger partial charge in [0.1, 0.15) is 11.4 Å². The molecule has 1 saturated carbocycles. The third-order valence-electron chi connectivity index (χ3n) is 8.01. The fraction of sp³-hybridized carbons (Fsp3) is 0.412. The molecule has 3 heterocycles. The number of aryl methyl sites for hydroxylation is 1. The first kappa shape index (κ1) is 30.5. The molecule has 2 aromatic heterocycles. The molecule has 2 fully saturated rings. The smallest absolute Gasteiger partial charge is 0.410 e. The van der Waals surface area contributed by atoms with E-state index in [-0.39, 0.29) is 25.1 Å². The standard InChI is InChI=1S/C34H38F2N6O3/c1-21-12-13-24-25(9-5-11-27(24)39-19-22-18-34(22,35)36)29(21)44-30-26(10-6-15-37-30)28-14-16-38-31(41-28)40-23-8-7-17-42(20-23)32(43)45-33(2,3)4/h5-6,9-16,22-23,39H,7-8,17-20H2,1-4H3,(H,38,40,41)/t22-,23-/m0/s1. The Kier molecular flexibility index (Phi) is 8.20. The predicted octanol–water partition coefficient (Wildman–Crippen LogP) is 7.67. The minimum Gasteiger partial charge on any atom is -0.444 e. The summed E-state index contributed by atoms with van der Waals surface area (Å²) in [5.41, 5.74) is 2.44. The van der Waals surface area contributed by atoms with Gasteiger partial charge in [-0.2, -0.15) is 0 Å². The van der Waals surface area contributed by atoms with Crippen molar-refractivity contribution in [2.24, 2.45) is 5.92 Å². The van der Waals surface area contributed by atoms with Gasteiger partial charge in [0.15, 0.2) is 0 Å². The van der Waals surface area contributed by atoms with Crippen molar-refractivity contribution in [3.8, 4) is 22.9 Å². The molecule has 0 radical (unpaired) electrons. The minimum atomic E-state index is -2.58. The lowest BCUT2D eigenvalue weighted by molar-refractivity contribution is 0.0206. The molecule has 1 saturated heterocycles. The van der Waals surface area contributed by atoms with Gasteiger partial charge in [0.25, 0.3) is 5.92 Å². The highest BCUT2D eigenvalue weighted by Gasteiger charge is 2.56. The number of nitrogens with one attached hydrogen (secondary N) is 2. The molecular weight excluding hydrogens is 578 g/mol. The first-order valence-electron chi connectivity index (χ1n) is 15.3. The van der Waals surface area contributed by atoms with Crippen LogP contribution in [0.2, 0.25) is 0 Å². The Labute approximate surface area is 261 Å². The number of pyridine rings is 1. The van der Waals surface area contributed by atoms with Crippen molar-refractivity contribution in [1.82, 2.24) is 19.9 Å². The van der Waals surface area contributed by atoms with Crippen LogP contribution < -0.4 is 15.4 Å². The van der Waals surface area contributed by atoms with Crippen molar-refractivity contribution in [3.05, 3.63) is 66.5 Å². The number of aromatic nitrogens is 3. The molecule has 6 rings (SSSR count). The van der Waals surface area contributed by atoms with Gasteiger partial charge >= 0.3 is 6.09 Å². The average Bonchev–Trinajstić information content (AvgIpc) is 3.62. The number of carbonyl (C=O) groups is 1. The Morgan fingerprint density at radius 3 is 2.67 bits per heavy atom. The van der Waals surface area contributed by atoms with Crippen LogP contribution in [-0.4, -0.2) is 63.1 Å². The maximum Gasteiger partial charge on any atom is 0.410 e. The summed E-state index contributed by atoms with van der Waals surface area (Å²) in [6.07, 6.45) is 4.65. The molecule has 0 spiro atoms. The molecule has 2 aliphatic rings. The van der Waals surface area contributed by atoms with Crippen LogP contribution in [0.3, 0.4) is 0 Å². The molecule has 0 unspecified atom stereocenters. The van der Waals surface area contributed by atoms with Gasteiger partial charge in [-0.3, -0.25) is 0 Å². The average molecular weight is 617 g/mol. The molecule has 45 heavy (non-hydrogen) atoms. The van der Waals surface area contributed by atoms with Gasteiger partial charge in [-0.15, -0.1) is 0 Å². The number of fused-ring (bicyclic) bond motifs is 1. The van der Waals surface area contributed by atoms with Crippen LogP contribution in [0.1, 0.15) is 45.6 Å². The maximum atomic E-state index is 13.5. The minimum absolute atomic E-state index is 0.0292. The number of amides is 1. The summed E-state index contributed by atoms with van der Waals surface area (Å²) >= 11 is 0. The van der Waals surface area contributed by atoms with Gasteiger partial charge in [0.05, 0.1) is 11.3 Å². The van der Waals surface area contributed by atoms with Crippen molar-refractivity contribution in [1.29, 1.82) is 0 Å². The van der Waals surface area contributed by atoms with Crippen molar-refractivity contribution >= 4 is 28.5 Å². The van der Waals surface area contributed by atoms with E-state index in [4.69, 9.17) is 14.5 Å². The molecule has 2 atom stereocenters. The summed E-state index contributed by atoms with van der Waals surface area (Å²) in [7, 11) is 0. The van der Waals surface area contributed by atoms with Gasteiger partial charge in [-0.05, 0) is 70.4 Å². The Balaban J connectivity index is 1.21. The first-order chi connectivity index (χ1) is 21.5. The summed E-state index contributed by atoms with van der Waals surface area (Å²) in [4.78, 5) is 28.1. The highest BCUT2D eigenvalue weighted by molar-refractivity contribution is 5.98. The molecule has 4 aromatic rings. The highest BCUT2D eigenvalue weighted by Crippen LogP contribution is 2.48. The van der Waals surface area contributed by atoms with Crippen LogP contribution in [0.4, 0.5) is 25.2 Å². The number of carbonyl (C=O) groups excluding carboxylic acids is 1. The number of halogens is 2. The van der Waals surface area contributed by atoms with Crippen molar-refractivity contribution < 1.29 is 23.0 Å². The molecular formula is C34H38F2N6O3. The summed E-state index contributed by atoms with van der Waals surface area (Å²) in [6, 6.07) is 15.1. The monoisotopic (exact) mass is 616 g/mol. The molecule has 1 aliphatic heterocycles. The van der Waals surface area contributed by atoms with Crippen LogP contribution in [-0.2, 0) is 4.74 Å². The van der Waals surface area contributed by atoms with Crippen LogP contribution in [0.5, 0.6) is 11.6 Å². The van der Waals surface area contributed by atoms with E-state index in [0.29, 0.717) is 41.9 Å². The zero-order valence-electron chi connectivity index (χ0n) is 25.9. The fourth-order valence-electron chi connectivity index (χ4n) is 5.56. The van der Waals surface area contributed by atoms with E-state index in [1.54, 1.807) is 23.4 Å². The first-order valence-corrected chi connectivity index (χ1v) is 15.3. The number of anilines is 2. The molecule has 0 bridgehead atoms. The third-order valence-corrected chi connectivity index (χ3v) is 8.01. The van der Waals surface area contributed by atoms with E-state index < -0.39 is 17.4 Å². The van der Waals surface area contributed by atoms with Crippen LogP contribution in [0.25, 0.3) is 22.0 Å². The van der Waals surface area contributed by atoms with E-state index in [1.165, 1.54) is 0 Å². The van der Waals surface area contributed by atoms with Crippen molar-refractivity contribution in [2.45, 2.75) is 64.5 Å². The number of benzene rings is 2. The zero-order chi connectivity index (χ0) is 31.8. The molecule has 1 amide bonds. The fourth-order valence-corrected chi connectivity index (χ4v) is 5.56. The van der Waals surface area contributed by atoms with Gasteiger partial charge in [0, 0.05) is 66.9 Å². The van der Waals surface area contributed by atoms with Gasteiger partial charge < -0.3 is 25.0 Å². The largest absolute Gasteiger partial charge is 0.444 e. The molecule has 9 nitrogen and oxygen atoms in total. The number of rotatable bonds is 8.